The molecule has 0 aromatic rings. The standard InChI is InChI=1S/C21H34N2O3/c1-14(2)12-21(7-6-15(21)3)19(24)26-9-8-22-20(25)23-13-18-11-16-4-5-17(18)10-16/h4-5,14-18H,6-13H2,1-3H3,(H2,22,23,25). The van der Waals surface area contributed by atoms with E-state index < -0.39 is 0 Å². The monoisotopic (exact) mass is 362 g/mol. The summed E-state index contributed by atoms with van der Waals surface area (Å²) in [6.45, 7) is 7.78. The number of allylic oxidation sites excluding steroid dienone is 2. The third-order valence-electron chi connectivity index (χ3n) is 6.71. The van der Waals surface area contributed by atoms with Crippen molar-refractivity contribution in [1.82, 2.24) is 10.6 Å². The zero-order valence-electron chi connectivity index (χ0n) is 16.4. The first-order valence-electron chi connectivity index (χ1n) is 10.3. The molecule has 2 N–H and O–H groups in total. The van der Waals surface area contributed by atoms with Crippen LogP contribution in [0.2, 0.25) is 0 Å². The van der Waals surface area contributed by atoms with Gasteiger partial charge in [0.1, 0.15) is 6.61 Å². The lowest BCUT2D eigenvalue weighted by Crippen LogP contribution is -2.48. The van der Waals surface area contributed by atoms with E-state index in [9.17, 15) is 9.59 Å². The normalized spacial score (nSPS) is 34.6. The summed E-state index contributed by atoms with van der Waals surface area (Å²) in [4.78, 5) is 24.5. The van der Waals surface area contributed by atoms with Crippen molar-refractivity contribution in [2.24, 2.45) is 35.0 Å². The smallest absolute Gasteiger partial charge is 0.314 e. The van der Waals surface area contributed by atoms with Crippen LogP contribution < -0.4 is 10.6 Å². The zero-order valence-corrected chi connectivity index (χ0v) is 16.4. The zero-order chi connectivity index (χ0) is 18.7. The second-order valence-corrected chi connectivity index (χ2v) is 9.01. The molecular weight excluding hydrogens is 328 g/mol. The molecule has 2 amide bonds. The number of ether oxygens (including phenoxy) is 1. The van der Waals surface area contributed by atoms with Gasteiger partial charge in [0.15, 0.2) is 0 Å². The van der Waals surface area contributed by atoms with Crippen LogP contribution >= 0.6 is 0 Å². The fourth-order valence-electron chi connectivity index (χ4n) is 5.07. The number of fused-ring (bicyclic) bond motifs is 2. The van der Waals surface area contributed by atoms with Gasteiger partial charge in [-0.05, 0) is 61.7 Å². The first-order chi connectivity index (χ1) is 12.4. The number of rotatable bonds is 8. The summed E-state index contributed by atoms with van der Waals surface area (Å²) in [7, 11) is 0. The average molecular weight is 363 g/mol. The fraction of sp³-hybridized carbons (Fsp3) is 0.810. The Kier molecular flexibility index (Phi) is 5.93. The molecule has 0 aromatic carbocycles. The van der Waals surface area contributed by atoms with Crippen LogP contribution in [0.25, 0.3) is 0 Å². The molecule has 2 bridgehead atoms. The maximum absolute atomic E-state index is 12.6. The van der Waals surface area contributed by atoms with Gasteiger partial charge in [-0.25, -0.2) is 4.79 Å². The van der Waals surface area contributed by atoms with E-state index in [4.69, 9.17) is 4.74 Å². The average Bonchev–Trinajstić information content (AvgIpc) is 3.22. The summed E-state index contributed by atoms with van der Waals surface area (Å²) in [5, 5.41) is 5.76. The third kappa shape index (κ3) is 4.07. The molecule has 0 saturated heterocycles. The third-order valence-corrected chi connectivity index (χ3v) is 6.71. The van der Waals surface area contributed by atoms with E-state index in [0.29, 0.717) is 30.2 Å². The van der Waals surface area contributed by atoms with Crippen molar-refractivity contribution in [1.29, 1.82) is 0 Å². The Morgan fingerprint density at radius 1 is 1.23 bits per heavy atom. The van der Waals surface area contributed by atoms with Crippen LogP contribution in [0.3, 0.4) is 0 Å². The minimum atomic E-state index is -0.300. The SMILES string of the molecule is CC(C)CC1(C(=O)OCCNC(=O)NCC2CC3C=CC2C3)CCC1C. The summed E-state index contributed by atoms with van der Waals surface area (Å²) in [5.41, 5.74) is -0.300. The molecule has 3 aliphatic carbocycles. The molecule has 146 valence electrons. The number of hydrogen-bond acceptors (Lipinski definition) is 3. The van der Waals surface area contributed by atoms with E-state index >= 15 is 0 Å². The van der Waals surface area contributed by atoms with E-state index in [-0.39, 0.29) is 24.0 Å². The molecule has 5 heteroatoms. The molecule has 2 saturated carbocycles. The van der Waals surface area contributed by atoms with Crippen molar-refractivity contribution >= 4 is 12.0 Å². The van der Waals surface area contributed by atoms with E-state index in [1.165, 1.54) is 12.8 Å². The summed E-state index contributed by atoms with van der Waals surface area (Å²) in [6, 6.07) is -0.165. The first-order valence-corrected chi connectivity index (χ1v) is 10.3. The van der Waals surface area contributed by atoms with Crippen LogP contribution in [0.5, 0.6) is 0 Å². The summed E-state index contributed by atoms with van der Waals surface area (Å²) < 4.78 is 5.50. The van der Waals surface area contributed by atoms with Gasteiger partial charge in [-0.15, -0.1) is 0 Å². The molecule has 0 aliphatic heterocycles. The van der Waals surface area contributed by atoms with Gasteiger partial charge in [-0.1, -0.05) is 32.9 Å². The van der Waals surface area contributed by atoms with E-state index in [2.05, 4.69) is 43.6 Å². The second-order valence-electron chi connectivity index (χ2n) is 9.01. The van der Waals surface area contributed by atoms with Crippen molar-refractivity contribution < 1.29 is 14.3 Å². The topological polar surface area (TPSA) is 67.4 Å². The van der Waals surface area contributed by atoms with Gasteiger partial charge in [-0.2, -0.15) is 0 Å². The lowest BCUT2D eigenvalue weighted by Gasteiger charge is -2.46. The Morgan fingerprint density at radius 2 is 2.04 bits per heavy atom. The minimum Gasteiger partial charge on any atom is -0.463 e. The summed E-state index contributed by atoms with van der Waals surface area (Å²) in [6.07, 6.45) is 9.96. The molecule has 2 fully saturated rings. The van der Waals surface area contributed by atoms with Gasteiger partial charge in [0.05, 0.1) is 12.0 Å². The van der Waals surface area contributed by atoms with Gasteiger partial charge >= 0.3 is 12.0 Å². The van der Waals surface area contributed by atoms with Gasteiger partial charge in [0.2, 0.25) is 0 Å². The molecule has 3 rings (SSSR count). The first kappa shape index (κ1) is 19.2. The lowest BCUT2D eigenvalue weighted by atomic mass is 9.57. The van der Waals surface area contributed by atoms with Crippen molar-refractivity contribution in [2.45, 2.75) is 52.9 Å². The molecule has 5 atom stereocenters. The highest BCUT2D eigenvalue weighted by atomic mass is 16.5. The Hall–Kier alpha value is -1.52. The molecular formula is C21H34N2O3. The van der Waals surface area contributed by atoms with Crippen LogP contribution in [0.1, 0.15) is 52.9 Å². The molecule has 0 spiro atoms. The van der Waals surface area contributed by atoms with Crippen molar-refractivity contribution in [3.05, 3.63) is 12.2 Å². The Balaban J connectivity index is 1.31. The summed E-state index contributed by atoms with van der Waals surface area (Å²) >= 11 is 0. The minimum absolute atomic E-state index is 0.0825. The van der Waals surface area contributed by atoms with Crippen LogP contribution in [0, 0.1) is 35.0 Å². The lowest BCUT2D eigenvalue weighted by molar-refractivity contribution is -0.169. The fourth-order valence-corrected chi connectivity index (χ4v) is 5.07. The number of carbonyl (C=O) groups excluding carboxylic acids is 2. The highest BCUT2D eigenvalue weighted by Gasteiger charge is 2.51. The Morgan fingerprint density at radius 3 is 2.58 bits per heavy atom. The molecule has 5 unspecified atom stereocenters. The molecule has 0 aromatic heterocycles. The molecule has 0 heterocycles. The second kappa shape index (κ2) is 8.01. The van der Waals surface area contributed by atoms with Crippen molar-refractivity contribution in [3.63, 3.8) is 0 Å². The van der Waals surface area contributed by atoms with Crippen molar-refractivity contribution in [3.8, 4) is 0 Å². The summed E-state index contributed by atoms with van der Waals surface area (Å²) in [5.74, 6) is 2.73. The van der Waals surface area contributed by atoms with Gasteiger partial charge in [0.25, 0.3) is 0 Å². The number of urea groups is 1. The van der Waals surface area contributed by atoms with Gasteiger partial charge in [-0.3, -0.25) is 4.79 Å². The van der Waals surface area contributed by atoms with Crippen molar-refractivity contribution in [2.75, 3.05) is 19.7 Å². The number of esters is 1. The number of amides is 2. The maximum Gasteiger partial charge on any atom is 0.314 e. The van der Waals surface area contributed by atoms with E-state index in [1.54, 1.807) is 0 Å². The number of hydrogen-bond donors (Lipinski definition) is 2. The molecule has 26 heavy (non-hydrogen) atoms. The van der Waals surface area contributed by atoms with Crippen LogP contribution in [0.4, 0.5) is 4.79 Å². The predicted octanol–water partition coefficient (Wildman–Crippen LogP) is 3.50. The highest BCUT2D eigenvalue weighted by molar-refractivity contribution is 5.78. The molecule has 3 aliphatic rings. The molecule has 5 nitrogen and oxygen atoms in total. The highest BCUT2D eigenvalue weighted by Crippen LogP contribution is 2.51. The van der Waals surface area contributed by atoms with Crippen LogP contribution in [-0.2, 0) is 9.53 Å². The largest absolute Gasteiger partial charge is 0.463 e. The van der Waals surface area contributed by atoms with Gasteiger partial charge < -0.3 is 15.4 Å². The quantitative estimate of drug-likeness (QED) is 0.394. The number of carbonyl (C=O) groups is 2. The maximum atomic E-state index is 12.6. The van der Waals surface area contributed by atoms with E-state index in [1.807, 2.05) is 0 Å². The van der Waals surface area contributed by atoms with Crippen LogP contribution in [0.15, 0.2) is 12.2 Å². The Bertz CT molecular complexity index is 559. The predicted molar refractivity (Wildman–Crippen MR) is 101 cm³/mol. The molecule has 0 radical (unpaired) electrons. The van der Waals surface area contributed by atoms with E-state index in [0.717, 1.165) is 31.7 Å². The number of nitrogens with one attached hydrogen (secondary N) is 2. The van der Waals surface area contributed by atoms with Crippen LogP contribution in [-0.4, -0.2) is 31.7 Å². The van der Waals surface area contributed by atoms with Gasteiger partial charge in [0, 0.05) is 6.54 Å². The Labute approximate surface area is 157 Å².